The molecule has 12 aromatic carbocycles. The molecule has 15 rings (SSSR count). The predicted molar refractivity (Wildman–Crippen MR) is 322 cm³/mol. The van der Waals surface area contributed by atoms with Crippen molar-refractivity contribution in [1.82, 2.24) is 4.57 Å². The lowest BCUT2D eigenvalue weighted by Gasteiger charge is -2.35. The number of hydrogen-bond donors (Lipinski definition) is 0. The number of aromatic nitrogens is 1. The molecule has 0 atom stereocenters. The SMILES string of the molecule is c1ccc(-c2ccc(N(c3ccc(-c4ccccc4-c4ccc5c(c4)c4ccccc4n5-c4ccc5sc6ccccc6c5c4)cc3)c3ccc4c(c3)C(c3ccccc3)(c3ccccc3)c3ccccc3-4)cc2)cc1. The molecule has 0 saturated carbocycles. The number of hydrogen-bond acceptors (Lipinski definition) is 2. The molecular formula is C73H48N2S. The monoisotopic (exact) mass is 984 g/mol. The van der Waals surface area contributed by atoms with Gasteiger partial charge in [-0.25, -0.2) is 0 Å². The van der Waals surface area contributed by atoms with E-state index in [4.69, 9.17) is 0 Å². The summed E-state index contributed by atoms with van der Waals surface area (Å²) < 4.78 is 5.07. The van der Waals surface area contributed by atoms with E-state index in [-0.39, 0.29) is 0 Å². The third kappa shape index (κ3) is 6.94. The summed E-state index contributed by atoms with van der Waals surface area (Å²) in [5, 5.41) is 5.10. The third-order valence-corrected chi connectivity index (χ3v) is 17.1. The number of anilines is 3. The van der Waals surface area contributed by atoms with E-state index in [1.54, 1.807) is 0 Å². The van der Waals surface area contributed by atoms with Crippen LogP contribution in [0, 0.1) is 0 Å². The van der Waals surface area contributed by atoms with Gasteiger partial charge in [0.1, 0.15) is 0 Å². The second kappa shape index (κ2) is 17.8. The highest BCUT2D eigenvalue weighted by molar-refractivity contribution is 7.25. The first kappa shape index (κ1) is 44.0. The van der Waals surface area contributed by atoms with Gasteiger partial charge in [0.15, 0.2) is 0 Å². The number of rotatable bonds is 9. The maximum atomic E-state index is 2.46. The molecule has 0 fully saturated rings. The normalized spacial score (nSPS) is 12.6. The Bertz CT molecular complexity index is 4450. The van der Waals surface area contributed by atoms with Crippen LogP contribution in [0.1, 0.15) is 22.3 Å². The van der Waals surface area contributed by atoms with Crippen LogP contribution < -0.4 is 4.90 Å². The minimum Gasteiger partial charge on any atom is -0.310 e. The molecule has 1 aliphatic rings. The Labute approximate surface area is 446 Å². The van der Waals surface area contributed by atoms with E-state index in [0.29, 0.717) is 0 Å². The zero-order chi connectivity index (χ0) is 50.2. The van der Waals surface area contributed by atoms with Crippen LogP contribution >= 0.6 is 11.3 Å². The molecule has 0 N–H and O–H groups in total. The van der Waals surface area contributed by atoms with Crippen molar-refractivity contribution < 1.29 is 0 Å². The van der Waals surface area contributed by atoms with Gasteiger partial charge in [0.2, 0.25) is 0 Å². The summed E-state index contributed by atoms with van der Waals surface area (Å²) in [6.07, 6.45) is 0. The zero-order valence-electron chi connectivity index (χ0n) is 41.5. The maximum Gasteiger partial charge on any atom is 0.0714 e. The van der Waals surface area contributed by atoms with Crippen molar-refractivity contribution in [2.24, 2.45) is 0 Å². The Hall–Kier alpha value is -9.54. The lowest BCUT2D eigenvalue weighted by atomic mass is 9.67. The molecule has 1 aliphatic carbocycles. The van der Waals surface area contributed by atoms with E-state index < -0.39 is 5.41 Å². The van der Waals surface area contributed by atoms with Crippen molar-refractivity contribution in [2.75, 3.05) is 4.90 Å². The van der Waals surface area contributed by atoms with Crippen LogP contribution in [-0.2, 0) is 5.41 Å². The predicted octanol–water partition coefficient (Wildman–Crippen LogP) is 20.0. The molecule has 0 spiro atoms. The van der Waals surface area contributed by atoms with Gasteiger partial charge >= 0.3 is 0 Å². The quantitative estimate of drug-likeness (QED) is 0.140. The average Bonchev–Trinajstić information content (AvgIpc) is 4.32. The molecule has 2 heterocycles. The summed E-state index contributed by atoms with van der Waals surface area (Å²) in [7, 11) is 0. The van der Waals surface area contributed by atoms with E-state index >= 15 is 0 Å². The topological polar surface area (TPSA) is 8.17 Å². The molecule has 14 aromatic rings. The number of fused-ring (bicyclic) bond motifs is 9. The standard InChI is InChI=1S/C73H48N2S/c1-4-18-49(19-5-1)50-32-37-55(38-33-50)74(58-41-43-62-61-26-12-15-29-67(61)73(68(62)48-58,53-20-6-2-7-21-53)54-22-8-3-9-23-54)56-39-34-51(35-40-56)59-24-10-11-25-60(59)52-36-44-70-65(46-52)63-27-13-16-30-69(63)75(70)57-42-45-72-66(47-57)64-28-14-17-31-71(64)76-72/h1-48H. The second-order valence-electron chi connectivity index (χ2n) is 20.0. The Kier molecular flexibility index (Phi) is 10.3. The van der Waals surface area contributed by atoms with Crippen molar-refractivity contribution in [3.63, 3.8) is 0 Å². The van der Waals surface area contributed by atoms with Gasteiger partial charge in [0.05, 0.1) is 16.4 Å². The highest BCUT2D eigenvalue weighted by Gasteiger charge is 2.46. The largest absolute Gasteiger partial charge is 0.310 e. The number of benzene rings is 12. The number of thiophene rings is 1. The van der Waals surface area contributed by atoms with Crippen LogP contribution in [0.3, 0.4) is 0 Å². The van der Waals surface area contributed by atoms with Gasteiger partial charge in [0.25, 0.3) is 0 Å². The molecule has 0 unspecified atom stereocenters. The minimum absolute atomic E-state index is 0.521. The van der Waals surface area contributed by atoms with Gasteiger partial charge in [-0.2, -0.15) is 0 Å². The number of nitrogens with zero attached hydrogens (tertiary/aromatic N) is 2. The van der Waals surface area contributed by atoms with E-state index in [9.17, 15) is 0 Å². The molecule has 0 radical (unpaired) electrons. The van der Waals surface area contributed by atoms with Crippen LogP contribution in [0.25, 0.3) is 92.2 Å². The van der Waals surface area contributed by atoms with Crippen molar-refractivity contribution >= 4 is 70.4 Å². The smallest absolute Gasteiger partial charge is 0.0714 e. The van der Waals surface area contributed by atoms with Crippen LogP contribution in [0.4, 0.5) is 17.1 Å². The summed E-state index contributed by atoms with van der Waals surface area (Å²) in [5.74, 6) is 0. The lowest BCUT2D eigenvalue weighted by molar-refractivity contribution is 0.768. The molecule has 2 nitrogen and oxygen atoms in total. The van der Waals surface area contributed by atoms with Gasteiger partial charge in [-0.3, -0.25) is 0 Å². The summed E-state index contributed by atoms with van der Waals surface area (Å²) >= 11 is 1.86. The van der Waals surface area contributed by atoms with Crippen molar-refractivity contribution in [3.8, 4) is 50.2 Å². The van der Waals surface area contributed by atoms with Gasteiger partial charge in [0, 0.05) is 53.7 Å². The number of para-hydroxylation sites is 1. The molecular weight excluding hydrogens is 937 g/mol. The average molecular weight is 985 g/mol. The summed E-state index contributed by atoms with van der Waals surface area (Å²) in [4.78, 5) is 2.43. The minimum atomic E-state index is -0.521. The first-order valence-electron chi connectivity index (χ1n) is 26.1. The van der Waals surface area contributed by atoms with Crippen molar-refractivity contribution in [1.29, 1.82) is 0 Å². The van der Waals surface area contributed by atoms with Gasteiger partial charge in [-0.1, -0.05) is 212 Å². The van der Waals surface area contributed by atoms with E-state index in [0.717, 1.165) is 22.6 Å². The molecule has 0 saturated heterocycles. The van der Waals surface area contributed by atoms with E-state index in [1.165, 1.54) is 109 Å². The Morgan fingerprint density at radius 2 is 0.803 bits per heavy atom. The fourth-order valence-electron chi connectivity index (χ4n) is 12.5. The zero-order valence-corrected chi connectivity index (χ0v) is 42.3. The second-order valence-corrected chi connectivity index (χ2v) is 21.0. The molecule has 76 heavy (non-hydrogen) atoms. The van der Waals surface area contributed by atoms with Gasteiger partial charge in [-0.15, -0.1) is 11.3 Å². The molecule has 0 amide bonds. The molecule has 2 aromatic heterocycles. The van der Waals surface area contributed by atoms with E-state index in [2.05, 4.69) is 301 Å². The summed E-state index contributed by atoms with van der Waals surface area (Å²) in [6.45, 7) is 0. The first-order valence-corrected chi connectivity index (χ1v) is 27.0. The third-order valence-electron chi connectivity index (χ3n) is 15.9. The summed E-state index contributed by atoms with van der Waals surface area (Å²) in [5.41, 5.74) is 21.1. The highest BCUT2D eigenvalue weighted by atomic mass is 32.1. The van der Waals surface area contributed by atoms with Crippen molar-refractivity contribution in [2.45, 2.75) is 5.41 Å². The summed E-state index contributed by atoms with van der Waals surface area (Å²) in [6, 6.07) is 108. The highest BCUT2D eigenvalue weighted by Crippen LogP contribution is 2.57. The fraction of sp³-hybridized carbons (Fsp3) is 0.0137. The van der Waals surface area contributed by atoms with Crippen LogP contribution in [0.15, 0.2) is 291 Å². The van der Waals surface area contributed by atoms with Gasteiger partial charge in [-0.05, 0) is 146 Å². The molecule has 356 valence electrons. The van der Waals surface area contributed by atoms with Crippen LogP contribution in [0.2, 0.25) is 0 Å². The Balaban J connectivity index is 0.851. The van der Waals surface area contributed by atoms with Crippen LogP contribution in [-0.4, -0.2) is 4.57 Å². The van der Waals surface area contributed by atoms with Crippen molar-refractivity contribution in [3.05, 3.63) is 313 Å². The van der Waals surface area contributed by atoms with Crippen LogP contribution in [0.5, 0.6) is 0 Å². The molecule has 0 aliphatic heterocycles. The first-order chi connectivity index (χ1) is 37.7. The molecule has 0 bridgehead atoms. The Morgan fingerprint density at radius 3 is 1.53 bits per heavy atom. The Morgan fingerprint density at radius 1 is 0.289 bits per heavy atom. The maximum absolute atomic E-state index is 2.46. The molecule has 3 heteroatoms. The lowest BCUT2D eigenvalue weighted by Crippen LogP contribution is -2.28. The van der Waals surface area contributed by atoms with Gasteiger partial charge < -0.3 is 9.47 Å². The fourth-order valence-corrected chi connectivity index (χ4v) is 13.6. The van der Waals surface area contributed by atoms with E-state index in [1.807, 2.05) is 11.3 Å².